The molecule has 0 spiro atoms. The Morgan fingerprint density at radius 2 is 1.67 bits per heavy atom. The predicted octanol–water partition coefficient (Wildman–Crippen LogP) is 2.18. The molecule has 1 atom stereocenters. The lowest BCUT2D eigenvalue weighted by atomic mass is 9.95. The van der Waals surface area contributed by atoms with E-state index in [1.165, 1.54) is 38.9 Å². The average molecular weight is 302 g/mol. The van der Waals surface area contributed by atoms with E-state index >= 15 is 0 Å². The number of hydrogen-bond acceptors (Lipinski definition) is 4. The van der Waals surface area contributed by atoms with Gasteiger partial charge in [0.05, 0.1) is 6.61 Å². The van der Waals surface area contributed by atoms with Crippen molar-refractivity contribution in [2.24, 2.45) is 0 Å². The van der Waals surface area contributed by atoms with Gasteiger partial charge in [0.15, 0.2) is 0 Å². The Bertz CT molecular complexity index is 236. The van der Waals surface area contributed by atoms with Crippen molar-refractivity contribution in [3.63, 3.8) is 0 Å². The third-order valence-corrected chi connectivity index (χ3v) is 4.13. The van der Waals surface area contributed by atoms with Crippen molar-refractivity contribution in [2.75, 3.05) is 53.4 Å². The molecule has 0 rings (SSSR count). The summed E-state index contributed by atoms with van der Waals surface area (Å²) in [4.78, 5) is 4.79. The first-order valence-electron chi connectivity index (χ1n) is 8.70. The Morgan fingerprint density at radius 1 is 1.00 bits per heavy atom. The van der Waals surface area contributed by atoms with Crippen LogP contribution in [0.25, 0.3) is 0 Å². The van der Waals surface area contributed by atoms with Crippen LogP contribution in [0.1, 0.15) is 52.9 Å². The molecule has 0 fully saturated rings. The second-order valence-corrected chi connectivity index (χ2v) is 6.69. The van der Waals surface area contributed by atoms with Gasteiger partial charge >= 0.3 is 0 Å². The zero-order valence-corrected chi connectivity index (χ0v) is 15.1. The maximum absolute atomic E-state index is 9.56. The van der Waals surface area contributed by atoms with Crippen LogP contribution in [0.2, 0.25) is 0 Å². The Balaban J connectivity index is 3.83. The molecule has 2 N–H and O–H groups in total. The number of aliphatic hydroxyl groups is 1. The molecule has 0 aromatic carbocycles. The van der Waals surface area contributed by atoms with Crippen LogP contribution in [0.15, 0.2) is 0 Å². The molecular weight excluding hydrogens is 262 g/mol. The molecule has 1 unspecified atom stereocenters. The van der Waals surface area contributed by atoms with Gasteiger partial charge in [-0.25, -0.2) is 0 Å². The minimum absolute atomic E-state index is 0.0992. The number of rotatable bonds is 14. The summed E-state index contributed by atoms with van der Waals surface area (Å²) in [6.07, 6.45) is 5.81. The number of aliphatic hydroxyl groups excluding tert-OH is 1. The largest absolute Gasteiger partial charge is 0.394 e. The zero-order chi connectivity index (χ0) is 16.1. The molecule has 0 amide bonds. The summed E-state index contributed by atoms with van der Waals surface area (Å²) in [6.45, 7) is 12.4. The Hall–Kier alpha value is -0.160. The van der Waals surface area contributed by atoms with Crippen molar-refractivity contribution in [3.05, 3.63) is 0 Å². The van der Waals surface area contributed by atoms with Gasteiger partial charge in [-0.3, -0.25) is 0 Å². The lowest BCUT2D eigenvalue weighted by Gasteiger charge is -2.29. The van der Waals surface area contributed by atoms with Gasteiger partial charge in [0.2, 0.25) is 0 Å². The monoisotopic (exact) mass is 301 g/mol. The van der Waals surface area contributed by atoms with Crippen LogP contribution in [0.4, 0.5) is 0 Å². The minimum atomic E-state index is -0.0992. The fourth-order valence-electron chi connectivity index (χ4n) is 2.54. The van der Waals surface area contributed by atoms with Crippen LogP contribution in [0.5, 0.6) is 0 Å². The normalized spacial score (nSPS) is 14.9. The molecule has 0 aliphatic carbocycles. The van der Waals surface area contributed by atoms with Gasteiger partial charge in [0.25, 0.3) is 0 Å². The Morgan fingerprint density at radius 3 is 2.19 bits per heavy atom. The first kappa shape index (κ1) is 20.8. The summed E-state index contributed by atoms with van der Waals surface area (Å²) in [5.74, 6) is 0. The fourth-order valence-corrected chi connectivity index (χ4v) is 2.54. The third-order valence-electron chi connectivity index (χ3n) is 4.13. The van der Waals surface area contributed by atoms with Crippen molar-refractivity contribution >= 4 is 0 Å². The number of nitrogens with zero attached hydrogens (tertiary/aromatic N) is 2. The molecule has 4 nitrogen and oxygen atoms in total. The predicted molar refractivity (Wildman–Crippen MR) is 92.9 cm³/mol. The minimum Gasteiger partial charge on any atom is -0.394 e. The number of unbranched alkanes of at least 4 members (excludes halogenated alkanes) is 1. The lowest BCUT2D eigenvalue weighted by molar-refractivity contribution is 0.160. The van der Waals surface area contributed by atoms with E-state index in [2.05, 4.69) is 50.0 Å². The van der Waals surface area contributed by atoms with E-state index in [1.54, 1.807) is 0 Å². The smallest absolute Gasteiger partial charge is 0.0610 e. The highest BCUT2D eigenvalue weighted by Crippen LogP contribution is 2.13. The van der Waals surface area contributed by atoms with E-state index < -0.39 is 0 Å². The molecule has 0 saturated heterocycles. The van der Waals surface area contributed by atoms with E-state index in [0.717, 1.165) is 25.9 Å². The standard InChI is InChI=1S/C17H39N3O/c1-6-12-18-17(3,16-21)11-8-9-14-20(7-2)15-10-13-19(4)5/h18,21H,6-16H2,1-5H3. The lowest BCUT2D eigenvalue weighted by Crippen LogP contribution is -2.46. The summed E-state index contributed by atoms with van der Waals surface area (Å²) < 4.78 is 0. The molecule has 0 aromatic heterocycles. The van der Waals surface area contributed by atoms with Crippen molar-refractivity contribution in [1.29, 1.82) is 0 Å². The summed E-state index contributed by atoms with van der Waals surface area (Å²) in [6, 6.07) is 0. The molecule has 0 aromatic rings. The Kier molecular flexibility index (Phi) is 12.3. The van der Waals surface area contributed by atoms with Crippen molar-refractivity contribution < 1.29 is 5.11 Å². The number of nitrogens with one attached hydrogen (secondary N) is 1. The van der Waals surface area contributed by atoms with Gasteiger partial charge in [-0.2, -0.15) is 0 Å². The van der Waals surface area contributed by atoms with Crippen LogP contribution < -0.4 is 5.32 Å². The molecular formula is C17H39N3O. The second-order valence-electron chi connectivity index (χ2n) is 6.69. The quantitative estimate of drug-likeness (QED) is 0.482. The van der Waals surface area contributed by atoms with E-state index in [4.69, 9.17) is 0 Å². The third kappa shape index (κ3) is 11.1. The number of hydrogen-bond donors (Lipinski definition) is 2. The maximum atomic E-state index is 9.56. The molecule has 0 aliphatic rings. The van der Waals surface area contributed by atoms with Crippen LogP contribution in [0, 0.1) is 0 Å². The van der Waals surface area contributed by atoms with Crippen LogP contribution in [-0.2, 0) is 0 Å². The first-order chi connectivity index (χ1) is 9.97. The molecule has 128 valence electrons. The highest BCUT2D eigenvalue weighted by atomic mass is 16.3. The molecule has 0 radical (unpaired) electrons. The first-order valence-corrected chi connectivity index (χ1v) is 8.70. The van der Waals surface area contributed by atoms with Gasteiger partial charge in [0.1, 0.15) is 0 Å². The van der Waals surface area contributed by atoms with Crippen LogP contribution in [-0.4, -0.2) is 73.9 Å². The Labute approximate surface area is 132 Å². The van der Waals surface area contributed by atoms with Crippen molar-refractivity contribution in [1.82, 2.24) is 15.1 Å². The molecule has 0 bridgehead atoms. The van der Waals surface area contributed by atoms with Gasteiger partial charge in [-0.05, 0) is 79.4 Å². The van der Waals surface area contributed by atoms with Gasteiger partial charge in [0, 0.05) is 5.54 Å². The summed E-state index contributed by atoms with van der Waals surface area (Å²) in [5.41, 5.74) is -0.0992. The highest BCUT2D eigenvalue weighted by Gasteiger charge is 2.21. The van der Waals surface area contributed by atoms with Gasteiger partial charge < -0.3 is 20.2 Å². The van der Waals surface area contributed by atoms with E-state index in [-0.39, 0.29) is 12.1 Å². The van der Waals surface area contributed by atoms with Crippen molar-refractivity contribution in [2.45, 2.75) is 58.4 Å². The summed E-state index contributed by atoms with van der Waals surface area (Å²) >= 11 is 0. The molecule has 0 heterocycles. The van der Waals surface area contributed by atoms with Crippen LogP contribution >= 0.6 is 0 Å². The topological polar surface area (TPSA) is 38.7 Å². The van der Waals surface area contributed by atoms with Gasteiger partial charge in [-0.15, -0.1) is 0 Å². The molecule has 21 heavy (non-hydrogen) atoms. The average Bonchev–Trinajstić information content (AvgIpc) is 2.47. The van der Waals surface area contributed by atoms with Crippen molar-refractivity contribution in [3.8, 4) is 0 Å². The van der Waals surface area contributed by atoms with E-state index in [9.17, 15) is 5.11 Å². The van der Waals surface area contributed by atoms with E-state index in [0.29, 0.717) is 0 Å². The molecule has 4 heteroatoms. The highest BCUT2D eigenvalue weighted by molar-refractivity contribution is 4.81. The fraction of sp³-hybridized carbons (Fsp3) is 1.00. The van der Waals surface area contributed by atoms with E-state index in [1.807, 2.05) is 0 Å². The zero-order valence-electron chi connectivity index (χ0n) is 15.1. The maximum Gasteiger partial charge on any atom is 0.0610 e. The van der Waals surface area contributed by atoms with Crippen LogP contribution in [0.3, 0.4) is 0 Å². The molecule has 0 aliphatic heterocycles. The van der Waals surface area contributed by atoms with Gasteiger partial charge in [-0.1, -0.05) is 20.3 Å². The molecule has 0 saturated carbocycles. The summed E-state index contributed by atoms with van der Waals surface area (Å²) in [5, 5.41) is 13.0. The SMILES string of the molecule is CCCNC(C)(CO)CCCCN(CC)CCCN(C)C. The summed E-state index contributed by atoms with van der Waals surface area (Å²) in [7, 11) is 4.27. The second kappa shape index (κ2) is 12.4.